The van der Waals surface area contributed by atoms with E-state index in [1.165, 1.54) is 27.6 Å². The van der Waals surface area contributed by atoms with Gasteiger partial charge in [0.25, 0.3) is 0 Å². The lowest BCUT2D eigenvalue weighted by Crippen LogP contribution is -2.48. The molecular weight excluding hydrogens is 314 g/mol. The number of hydrogen-bond acceptors (Lipinski definition) is 3. The zero-order chi connectivity index (χ0) is 17.6. The molecule has 1 aliphatic heterocycles. The van der Waals surface area contributed by atoms with E-state index in [9.17, 15) is 9.90 Å². The van der Waals surface area contributed by atoms with Crippen molar-refractivity contribution in [3.63, 3.8) is 0 Å². The molecule has 2 atom stereocenters. The van der Waals surface area contributed by atoms with E-state index in [1.807, 2.05) is 6.92 Å². The highest BCUT2D eigenvalue weighted by Gasteiger charge is 2.36. The van der Waals surface area contributed by atoms with Crippen molar-refractivity contribution < 1.29 is 9.90 Å². The monoisotopic (exact) mass is 339 g/mol. The number of nitrogens with one attached hydrogen (secondary N) is 1. The van der Waals surface area contributed by atoms with Gasteiger partial charge in [-0.1, -0.05) is 18.2 Å². The molecule has 1 aromatic heterocycles. The van der Waals surface area contributed by atoms with Crippen molar-refractivity contribution in [1.29, 1.82) is 0 Å². The Morgan fingerprint density at radius 2 is 2.28 bits per heavy atom. The molecule has 2 N–H and O–H groups in total. The first-order valence-electron chi connectivity index (χ1n) is 9.05. The molecular formula is C20H25N3O2. The molecule has 0 spiro atoms. The summed E-state index contributed by atoms with van der Waals surface area (Å²) in [6, 6.07) is 6.68. The third-order valence-corrected chi connectivity index (χ3v) is 5.65. The first-order chi connectivity index (χ1) is 12.1. The molecule has 1 aromatic carbocycles. The largest absolute Gasteiger partial charge is 0.395 e. The number of likely N-dealkylation sites (N-methyl/N-ethyl adjacent to an activating group) is 2. The van der Waals surface area contributed by atoms with Gasteiger partial charge >= 0.3 is 0 Å². The van der Waals surface area contributed by atoms with Crippen molar-refractivity contribution in [2.45, 2.75) is 19.4 Å². The molecule has 4 rings (SSSR count). The van der Waals surface area contributed by atoms with Crippen LogP contribution in [0.15, 0.2) is 30.5 Å². The van der Waals surface area contributed by atoms with Crippen LogP contribution in [-0.2, 0) is 11.2 Å². The second kappa shape index (κ2) is 6.32. The lowest BCUT2D eigenvalue weighted by atomic mass is 9.79. The highest BCUT2D eigenvalue weighted by Crippen LogP contribution is 2.40. The number of aliphatic hydroxyl groups is 1. The number of hydrogen-bond donors (Lipinski definition) is 2. The molecule has 0 bridgehead atoms. The normalized spacial score (nSPS) is 22.6. The van der Waals surface area contributed by atoms with Crippen molar-refractivity contribution in [3.05, 3.63) is 41.6 Å². The summed E-state index contributed by atoms with van der Waals surface area (Å²) in [4.78, 5) is 20.3. The maximum atomic E-state index is 12.9. The Kier molecular flexibility index (Phi) is 4.13. The number of aromatic amines is 1. The van der Waals surface area contributed by atoms with Crippen molar-refractivity contribution in [1.82, 2.24) is 14.8 Å². The van der Waals surface area contributed by atoms with Gasteiger partial charge in [0.15, 0.2) is 0 Å². The van der Waals surface area contributed by atoms with Crippen LogP contribution in [-0.4, -0.2) is 65.1 Å². The highest BCUT2D eigenvalue weighted by atomic mass is 16.3. The van der Waals surface area contributed by atoms with Gasteiger partial charge < -0.3 is 15.0 Å². The predicted molar refractivity (Wildman–Crippen MR) is 99.2 cm³/mol. The molecule has 1 aliphatic carbocycles. The number of nitrogens with zero attached hydrogens (tertiary/aromatic N) is 2. The lowest BCUT2D eigenvalue weighted by molar-refractivity contribution is -0.135. The summed E-state index contributed by atoms with van der Waals surface area (Å²) in [5.41, 5.74) is 5.04. The number of aromatic nitrogens is 1. The third-order valence-electron chi connectivity index (χ3n) is 5.65. The van der Waals surface area contributed by atoms with Crippen LogP contribution in [0.1, 0.15) is 18.1 Å². The van der Waals surface area contributed by atoms with Gasteiger partial charge in [-0.15, -0.1) is 0 Å². The van der Waals surface area contributed by atoms with E-state index in [1.54, 1.807) is 4.90 Å². The van der Waals surface area contributed by atoms with Crippen LogP contribution >= 0.6 is 0 Å². The molecule has 0 unspecified atom stereocenters. The SMILES string of the molecule is CCN(CCO)C(=O)[C@@H]1C=C2c3cccc4[nH]cc(c34)C[C@@H]2N(C)C1. The lowest BCUT2D eigenvalue weighted by Gasteiger charge is -2.40. The minimum absolute atomic E-state index is 0.00729. The summed E-state index contributed by atoms with van der Waals surface area (Å²) in [6.45, 7) is 3.73. The number of fused-ring (bicyclic) bond motifs is 2. The number of carbonyl (C=O) groups is 1. The molecule has 5 nitrogen and oxygen atoms in total. The molecule has 1 amide bonds. The minimum atomic E-state index is -0.154. The van der Waals surface area contributed by atoms with E-state index in [-0.39, 0.29) is 18.4 Å². The van der Waals surface area contributed by atoms with Crippen LogP contribution in [0.2, 0.25) is 0 Å². The fraction of sp³-hybridized carbons (Fsp3) is 0.450. The maximum absolute atomic E-state index is 12.9. The fourth-order valence-corrected chi connectivity index (χ4v) is 4.38. The van der Waals surface area contributed by atoms with E-state index in [0.29, 0.717) is 19.1 Å². The Hall–Kier alpha value is -2.11. The molecule has 0 radical (unpaired) electrons. The first kappa shape index (κ1) is 16.4. The number of benzene rings is 1. The van der Waals surface area contributed by atoms with Crippen LogP contribution in [0.4, 0.5) is 0 Å². The molecule has 132 valence electrons. The first-order valence-corrected chi connectivity index (χ1v) is 9.05. The van der Waals surface area contributed by atoms with Gasteiger partial charge in [0.05, 0.1) is 12.5 Å². The molecule has 2 aromatic rings. The van der Waals surface area contributed by atoms with E-state index < -0.39 is 0 Å². The smallest absolute Gasteiger partial charge is 0.230 e. The minimum Gasteiger partial charge on any atom is -0.395 e. The maximum Gasteiger partial charge on any atom is 0.230 e. The van der Waals surface area contributed by atoms with Crippen LogP contribution in [0, 0.1) is 5.92 Å². The summed E-state index contributed by atoms with van der Waals surface area (Å²) in [5.74, 6) is -0.0418. The average Bonchev–Trinajstić information content (AvgIpc) is 3.04. The Balaban J connectivity index is 1.76. The van der Waals surface area contributed by atoms with E-state index in [4.69, 9.17) is 0 Å². The Labute approximate surface area is 147 Å². The Morgan fingerprint density at radius 1 is 1.44 bits per heavy atom. The highest BCUT2D eigenvalue weighted by molar-refractivity contribution is 5.99. The van der Waals surface area contributed by atoms with Crippen molar-refractivity contribution >= 4 is 22.4 Å². The fourth-order valence-electron chi connectivity index (χ4n) is 4.38. The zero-order valence-corrected chi connectivity index (χ0v) is 14.8. The van der Waals surface area contributed by atoms with Crippen LogP contribution in [0.3, 0.4) is 0 Å². The summed E-state index contributed by atoms with van der Waals surface area (Å²) in [6.07, 6.45) is 5.28. The molecule has 2 aliphatic rings. The third kappa shape index (κ3) is 2.58. The summed E-state index contributed by atoms with van der Waals surface area (Å²) in [7, 11) is 2.11. The van der Waals surface area contributed by atoms with Gasteiger partial charge in [-0.25, -0.2) is 0 Å². The molecule has 0 fully saturated rings. The topological polar surface area (TPSA) is 59.6 Å². The van der Waals surface area contributed by atoms with Crippen LogP contribution in [0.25, 0.3) is 16.5 Å². The van der Waals surface area contributed by atoms with Crippen molar-refractivity contribution in [2.75, 3.05) is 33.3 Å². The van der Waals surface area contributed by atoms with Gasteiger partial charge in [0.2, 0.25) is 5.91 Å². The van der Waals surface area contributed by atoms with Gasteiger partial charge in [-0.2, -0.15) is 0 Å². The predicted octanol–water partition coefficient (Wildman–Crippen LogP) is 1.88. The second-order valence-electron chi connectivity index (χ2n) is 7.07. The number of rotatable bonds is 4. The van der Waals surface area contributed by atoms with Crippen molar-refractivity contribution in [2.24, 2.45) is 5.92 Å². The zero-order valence-electron chi connectivity index (χ0n) is 14.8. The van der Waals surface area contributed by atoms with E-state index in [2.05, 4.69) is 47.4 Å². The number of amides is 1. The van der Waals surface area contributed by atoms with E-state index >= 15 is 0 Å². The van der Waals surface area contributed by atoms with Crippen LogP contribution < -0.4 is 0 Å². The molecule has 0 saturated heterocycles. The number of aliphatic hydroxyl groups excluding tert-OH is 1. The molecule has 0 saturated carbocycles. The average molecular weight is 339 g/mol. The standard InChI is InChI=1S/C20H25N3O2/c1-3-23(7-8-24)20(25)14-9-16-15-5-4-6-17-19(15)13(11-21-17)10-18(16)22(2)12-14/h4-6,9,11,14,18,21,24H,3,7-8,10,12H2,1-2H3/t14-,18+/m1/s1. The van der Waals surface area contributed by atoms with Gasteiger partial charge in [-0.3, -0.25) is 9.69 Å². The number of carbonyl (C=O) groups excluding carboxylic acids is 1. The second-order valence-corrected chi connectivity index (χ2v) is 7.07. The molecule has 25 heavy (non-hydrogen) atoms. The van der Waals surface area contributed by atoms with Crippen molar-refractivity contribution in [3.8, 4) is 0 Å². The Bertz CT molecular complexity index is 839. The number of H-pyrrole nitrogens is 1. The van der Waals surface area contributed by atoms with E-state index in [0.717, 1.165) is 13.0 Å². The molecule has 5 heteroatoms. The van der Waals surface area contributed by atoms with Gasteiger partial charge in [0.1, 0.15) is 0 Å². The van der Waals surface area contributed by atoms with Gasteiger partial charge in [0, 0.05) is 42.8 Å². The summed E-state index contributed by atoms with van der Waals surface area (Å²) in [5, 5.41) is 10.5. The quantitative estimate of drug-likeness (QED) is 0.894. The summed E-state index contributed by atoms with van der Waals surface area (Å²) < 4.78 is 0. The molecule has 2 heterocycles. The van der Waals surface area contributed by atoms with Gasteiger partial charge in [-0.05, 0) is 43.2 Å². The van der Waals surface area contributed by atoms with Crippen LogP contribution in [0.5, 0.6) is 0 Å². The Morgan fingerprint density at radius 3 is 3.04 bits per heavy atom. The summed E-state index contributed by atoms with van der Waals surface area (Å²) >= 11 is 0.